The molecule has 1 N–H and O–H groups in total. The number of carbonyl (C=O) groups excluding carboxylic acids is 1. The van der Waals surface area contributed by atoms with E-state index in [0.717, 1.165) is 12.8 Å². The molecule has 21 heavy (non-hydrogen) atoms. The molecule has 1 aliphatic rings. The zero-order valence-electron chi connectivity index (χ0n) is 15.0. The fraction of sp³-hybridized carbons (Fsp3) is 0.938. The van der Waals surface area contributed by atoms with Crippen molar-refractivity contribution in [2.75, 3.05) is 5.75 Å². The number of rotatable bonds is 3. The van der Waals surface area contributed by atoms with E-state index in [4.69, 9.17) is 4.55 Å². The topological polar surface area (TPSA) is 71.4 Å². The van der Waals surface area contributed by atoms with Crippen LogP contribution in [0.25, 0.3) is 0 Å². The van der Waals surface area contributed by atoms with Crippen molar-refractivity contribution in [1.82, 2.24) is 0 Å². The summed E-state index contributed by atoms with van der Waals surface area (Å²) in [6.45, 7) is 14.3. The summed E-state index contributed by atoms with van der Waals surface area (Å²) in [7, 11) is -4.00. The highest BCUT2D eigenvalue weighted by Crippen LogP contribution is 2.28. The van der Waals surface area contributed by atoms with Gasteiger partial charge in [-0.3, -0.25) is 9.35 Å². The quantitative estimate of drug-likeness (QED) is 0.761. The molecule has 0 radical (unpaired) electrons. The van der Waals surface area contributed by atoms with Gasteiger partial charge in [0, 0.05) is 12.3 Å². The normalized spacial score (nSPS) is 20.9. The van der Waals surface area contributed by atoms with Gasteiger partial charge in [0.25, 0.3) is 10.1 Å². The molecular formula is C16H36O4S. The van der Waals surface area contributed by atoms with Gasteiger partial charge in [-0.1, -0.05) is 61.3 Å². The van der Waals surface area contributed by atoms with Crippen molar-refractivity contribution in [3.05, 3.63) is 0 Å². The summed E-state index contributed by atoms with van der Waals surface area (Å²) in [6.07, 6.45) is 4.17. The molecule has 4 nitrogen and oxygen atoms in total. The van der Waals surface area contributed by atoms with E-state index >= 15 is 0 Å². The molecule has 0 aromatic rings. The molecule has 0 amide bonds. The Morgan fingerprint density at radius 1 is 1.05 bits per heavy atom. The summed E-state index contributed by atoms with van der Waals surface area (Å²) >= 11 is 0. The van der Waals surface area contributed by atoms with Crippen LogP contribution in [0.15, 0.2) is 0 Å². The largest absolute Gasteiger partial charge is 0.299 e. The van der Waals surface area contributed by atoms with Crippen molar-refractivity contribution in [3.8, 4) is 0 Å². The summed E-state index contributed by atoms with van der Waals surface area (Å²) in [4.78, 5) is 11.5. The molecule has 1 saturated carbocycles. The SMILES string of the molecule is CC.CC.CCC.CC[C@H]1CCC(CS(=O)(=O)O)C(=O)C1. The Morgan fingerprint density at radius 2 is 1.48 bits per heavy atom. The van der Waals surface area contributed by atoms with Crippen LogP contribution >= 0.6 is 0 Å². The first-order valence-corrected chi connectivity index (χ1v) is 9.92. The van der Waals surface area contributed by atoms with Gasteiger partial charge in [-0.15, -0.1) is 0 Å². The predicted octanol–water partition coefficient (Wildman–Crippen LogP) is 4.74. The van der Waals surface area contributed by atoms with Crippen LogP contribution in [-0.2, 0) is 14.9 Å². The Bertz CT molecular complexity index is 323. The van der Waals surface area contributed by atoms with Crippen LogP contribution in [-0.4, -0.2) is 24.5 Å². The molecule has 0 aliphatic heterocycles. The average Bonchev–Trinajstić information content (AvgIpc) is 2.45. The fourth-order valence-electron chi connectivity index (χ4n) is 1.93. The first-order chi connectivity index (χ1) is 9.84. The van der Waals surface area contributed by atoms with Gasteiger partial charge in [-0.2, -0.15) is 8.42 Å². The van der Waals surface area contributed by atoms with E-state index in [9.17, 15) is 13.2 Å². The summed E-state index contributed by atoms with van der Waals surface area (Å²) in [5.74, 6) is -0.490. The highest BCUT2D eigenvalue weighted by molar-refractivity contribution is 7.85. The molecule has 1 unspecified atom stereocenters. The molecule has 0 spiro atoms. The van der Waals surface area contributed by atoms with Crippen molar-refractivity contribution >= 4 is 15.9 Å². The zero-order valence-corrected chi connectivity index (χ0v) is 15.8. The maximum atomic E-state index is 11.5. The summed E-state index contributed by atoms with van der Waals surface area (Å²) < 4.78 is 29.8. The molecule has 1 aliphatic carbocycles. The van der Waals surface area contributed by atoms with Crippen LogP contribution in [0.2, 0.25) is 0 Å². The number of ketones is 1. The van der Waals surface area contributed by atoms with Crippen LogP contribution in [0.5, 0.6) is 0 Å². The molecular weight excluding hydrogens is 288 g/mol. The molecule has 1 rings (SSSR count). The second kappa shape index (κ2) is 16.0. The predicted molar refractivity (Wildman–Crippen MR) is 91.2 cm³/mol. The van der Waals surface area contributed by atoms with Gasteiger partial charge in [0.1, 0.15) is 5.78 Å². The lowest BCUT2D eigenvalue weighted by Crippen LogP contribution is -2.30. The molecule has 0 aromatic carbocycles. The minimum Gasteiger partial charge on any atom is -0.299 e. The summed E-state index contributed by atoms with van der Waals surface area (Å²) in [5.41, 5.74) is 0. The molecule has 1 fully saturated rings. The first kappa shape index (κ1) is 25.5. The van der Waals surface area contributed by atoms with Crippen molar-refractivity contribution in [2.24, 2.45) is 11.8 Å². The standard InChI is InChI=1S/C9H16O4S.C3H8.2C2H6/c1-2-7-3-4-8(9(10)5-7)6-14(11,12)13;1-3-2;2*1-2/h7-8H,2-6H2,1H3,(H,11,12,13);3H2,1-2H3;2*1-2H3/t7-,8?;;;/m0.../s1. The van der Waals surface area contributed by atoms with E-state index in [2.05, 4.69) is 13.8 Å². The zero-order chi connectivity index (χ0) is 17.5. The van der Waals surface area contributed by atoms with Crippen molar-refractivity contribution in [1.29, 1.82) is 0 Å². The van der Waals surface area contributed by atoms with Crippen LogP contribution in [0.1, 0.15) is 80.6 Å². The third-order valence-electron chi connectivity index (χ3n) is 2.86. The summed E-state index contributed by atoms with van der Waals surface area (Å²) in [6, 6.07) is 0. The van der Waals surface area contributed by atoms with Gasteiger partial charge in [-0.25, -0.2) is 0 Å². The van der Waals surface area contributed by atoms with Gasteiger partial charge in [0.05, 0.1) is 5.75 Å². The fourth-order valence-corrected chi connectivity index (χ4v) is 2.79. The van der Waals surface area contributed by atoms with Crippen LogP contribution in [0.4, 0.5) is 0 Å². The van der Waals surface area contributed by atoms with Crippen molar-refractivity contribution in [2.45, 2.75) is 80.6 Å². The third kappa shape index (κ3) is 15.8. The molecule has 0 aromatic heterocycles. The first-order valence-electron chi connectivity index (χ1n) is 8.31. The average molecular weight is 325 g/mol. The van der Waals surface area contributed by atoms with Crippen molar-refractivity contribution in [3.63, 3.8) is 0 Å². The highest BCUT2D eigenvalue weighted by Gasteiger charge is 2.30. The molecule has 0 heterocycles. The smallest absolute Gasteiger partial charge is 0.265 e. The molecule has 130 valence electrons. The second-order valence-corrected chi connectivity index (χ2v) is 6.17. The van der Waals surface area contributed by atoms with Crippen LogP contribution in [0, 0.1) is 11.8 Å². The lowest BCUT2D eigenvalue weighted by atomic mass is 9.81. The van der Waals surface area contributed by atoms with E-state index in [-0.39, 0.29) is 5.78 Å². The van der Waals surface area contributed by atoms with Crippen molar-refractivity contribution < 1.29 is 17.8 Å². The monoisotopic (exact) mass is 324 g/mol. The Morgan fingerprint density at radius 3 is 1.76 bits per heavy atom. The second-order valence-electron chi connectivity index (χ2n) is 4.67. The number of carbonyl (C=O) groups is 1. The minimum absolute atomic E-state index is 0.0132. The lowest BCUT2D eigenvalue weighted by Gasteiger charge is -2.25. The van der Waals surface area contributed by atoms with E-state index in [1.807, 2.05) is 34.6 Å². The Hall–Kier alpha value is -0.420. The molecule has 0 saturated heterocycles. The minimum atomic E-state index is -4.00. The van der Waals surface area contributed by atoms with Gasteiger partial charge < -0.3 is 0 Å². The van der Waals surface area contributed by atoms with Crippen LogP contribution < -0.4 is 0 Å². The highest BCUT2D eigenvalue weighted by atomic mass is 32.2. The Labute approximate surface area is 132 Å². The van der Waals surface area contributed by atoms with Gasteiger partial charge in [-0.05, 0) is 18.8 Å². The lowest BCUT2D eigenvalue weighted by molar-refractivity contribution is -0.125. The number of hydrogen-bond donors (Lipinski definition) is 1. The van der Waals surface area contributed by atoms with E-state index in [1.165, 1.54) is 6.42 Å². The van der Waals surface area contributed by atoms with E-state index < -0.39 is 21.8 Å². The van der Waals surface area contributed by atoms with Gasteiger partial charge in [0.2, 0.25) is 0 Å². The van der Waals surface area contributed by atoms with Gasteiger partial charge >= 0.3 is 0 Å². The number of Topliss-reactive ketones (excluding diaryl/α,β-unsaturated/α-hetero) is 1. The van der Waals surface area contributed by atoms with Gasteiger partial charge in [0.15, 0.2) is 0 Å². The van der Waals surface area contributed by atoms with E-state index in [1.54, 1.807) is 0 Å². The summed E-state index contributed by atoms with van der Waals surface area (Å²) in [5, 5.41) is 0. The number of hydrogen-bond acceptors (Lipinski definition) is 3. The maximum absolute atomic E-state index is 11.5. The molecule has 0 bridgehead atoms. The maximum Gasteiger partial charge on any atom is 0.265 e. The molecule has 5 heteroatoms. The Kier molecular flexibility index (Phi) is 19.4. The van der Waals surface area contributed by atoms with Crippen LogP contribution in [0.3, 0.4) is 0 Å². The van der Waals surface area contributed by atoms with E-state index in [0.29, 0.717) is 18.8 Å². The Balaban J connectivity index is -0.000000399. The molecule has 2 atom stereocenters. The third-order valence-corrected chi connectivity index (χ3v) is 3.68.